The Morgan fingerprint density at radius 2 is 2.43 bits per heavy atom. The molecule has 0 saturated carbocycles. The summed E-state index contributed by atoms with van der Waals surface area (Å²) >= 11 is 1.06. The normalized spacial score (nSPS) is 14.8. The van der Waals surface area contributed by atoms with Crippen LogP contribution in [0.1, 0.15) is 11.0 Å². The Kier molecular flexibility index (Phi) is 3.39. The molecule has 0 fully saturated rings. The Morgan fingerprint density at radius 3 is 2.86 bits per heavy atom. The number of ether oxygens (including phenoxy) is 1. The summed E-state index contributed by atoms with van der Waals surface area (Å²) in [5.74, 6) is -1.26. The van der Waals surface area contributed by atoms with E-state index in [0.717, 1.165) is 11.3 Å². The summed E-state index contributed by atoms with van der Waals surface area (Å²) in [6.07, 6.45) is 0.0886. The van der Waals surface area contributed by atoms with Crippen LogP contribution < -0.4 is 10.5 Å². The molecule has 6 nitrogen and oxygen atoms in total. The van der Waals surface area contributed by atoms with E-state index in [2.05, 4.69) is 4.98 Å². The molecule has 1 aromatic rings. The molecule has 0 radical (unpaired) electrons. The third kappa shape index (κ3) is 2.19. The van der Waals surface area contributed by atoms with E-state index in [4.69, 9.17) is 15.6 Å². The molecule has 7 heteroatoms. The molecule has 0 bridgehead atoms. The van der Waals surface area contributed by atoms with Crippen LogP contribution in [-0.4, -0.2) is 34.3 Å². The Hall–Kier alpha value is -1.18. The molecular weight excluding hydrogens is 208 g/mol. The molecule has 0 aliphatic carbocycles. The molecule has 78 valence electrons. The summed E-state index contributed by atoms with van der Waals surface area (Å²) in [6.45, 7) is 0. The standard InChI is InChI=1S/C7H10N2O4S/c1-13-7-9-2-3(14-7)5(10)4(8)6(11)12/h2,4-5,10H,8H2,1H3,(H,11,12). The first-order valence-corrected chi connectivity index (χ1v) is 4.54. The van der Waals surface area contributed by atoms with Crippen molar-refractivity contribution in [3.63, 3.8) is 0 Å². The second-order valence-corrected chi connectivity index (χ2v) is 3.57. The third-order valence-electron chi connectivity index (χ3n) is 1.59. The first-order valence-electron chi connectivity index (χ1n) is 3.72. The molecule has 1 heterocycles. The van der Waals surface area contributed by atoms with E-state index in [1.54, 1.807) is 0 Å². The number of nitrogens with two attached hydrogens (primary N) is 1. The maximum Gasteiger partial charge on any atom is 0.323 e. The van der Waals surface area contributed by atoms with Gasteiger partial charge in [0.15, 0.2) is 0 Å². The van der Waals surface area contributed by atoms with Gasteiger partial charge < -0.3 is 20.7 Å². The maximum absolute atomic E-state index is 10.5. The van der Waals surface area contributed by atoms with Gasteiger partial charge in [-0.2, -0.15) is 0 Å². The number of methoxy groups -OCH3 is 1. The fourth-order valence-corrected chi connectivity index (χ4v) is 1.58. The lowest BCUT2D eigenvalue weighted by Gasteiger charge is -2.11. The highest BCUT2D eigenvalue weighted by molar-refractivity contribution is 7.13. The molecule has 1 aromatic heterocycles. The van der Waals surface area contributed by atoms with Crippen molar-refractivity contribution < 1.29 is 19.7 Å². The first kappa shape index (κ1) is 10.9. The largest absolute Gasteiger partial charge is 0.480 e. The number of aromatic nitrogens is 1. The van der Waals surface area contributed by atoms with Crippen molar-refractivity contribution in [1.29, 1.82) is 0 Å². The van der Waals surface area contributed by atoms with E-state index in [1.165, 1.54) is 13.3 Å². The van der Waals surface area contributed by atoms with Gasteiger partial charge in [-0.1, -0.05) is 11.3 Å². The van der Waals surface area contributed by atoms with Gasteiger partial charge in [-0.05, 0) is 0 Å². The lowest BCUT2D eigenvalue weighted by molar-refractivity contribution is -0.141. The smallest absolute Gasteiger partial charge is 0.323 e. The number of hydrogen-bond donors (Lipinski definition) is 3. The van der Waals surface area contributed by atoms with Crippen LogP contribution in [0.15, 0.2) is 6.20 Å². The molecule has 0 aliphatic heterocycles. The molecule has 0 aliphatic rings. The van der Waals surface area contributed by atoms with Gasteiger partial charge >= 0.3 is 5.97 Å². The number of aliphatic hydroxyl groups excluding tert-OH is 1. The molecule has 2 atom stereocenters. The summed E-state index contributed by atoms with van der Waals surface area (Å²) in [5.41, 5.74) is 5.23. The molecule has 0 amide bonds. The quantitative estimate of drug-likeness (QED) is 0.634. The van der Waals surface area contributed by atoms with E-state index in [1.807, 2.05) is 0 Å². The van der Waals surface area contributed by atoms with Crippen molar-refractivity contribution in [1.82, 2.24) is 4.98 Å². The molecular formula is C7H10N2O4S. The topological polar surface area (TPSA) is 106 Å². The van der Waals surface area contributed by atoms with E-state index in [9.17, 15) is 9.90 Å². The zero-order valence-electron chi connectivity index (χ0n) is 7.38. The van der Waals surface area contributed by atoms with Crippen molar-refractivity contribution in [3.05, 3.63) is 11.1 Å². The lowest BCUT2D eigenvalue weighted by atomic mass is 10.1. The summed E-state index contributed by atoms with van der Waals surface area (Å²) in [7, 11) is 1.44. The number of carbonyl (C=O) groups is 1. The van der Waals surface area contributed by atoms with Crippen molar-refractivity contribution in [2.24, 2.45) is 5.73 Å². The monoisotopic (exact) mass is 218 g/mol. The van der Waals surface area contributed by atoms with Gasteiger partial charge in [0.25, 0.3) is 5.19 Å². The SMILES string of the molecule is COc1ncc(C(O)C(N)C(=O)O)s1. The molecule has 0 saturated heterocycles. The van der Waals surface area contributed by atoms with Crippen molar-refractivity contribution >= 4 is 17.3 Å². The minimum Gasteiger partial charge on any atom is -0.480 e. The number of hydrogen-bond acceptors (Lipinski definition) is 6. The number of rotatable bonds is 4. The number of nitrogens with zero attached hydrogens (tertiary/aromatic N) is 1. The number of thiazole rings is 1. The van der Waals surface area contributed by atoms with Gasteiger partial charge in [0.05, 0.1) is 12.0 Å². The van der Waals surface area contributed by atoms with E-state index >= 15 is 0 Å². The van der Waals surface area contributed by atoms with Crippen molar-refractivity contribution in [3.8, 4) is 5.19 Å². The summed E-state index contributed by atoms with van der Waals surface area (Å²) in [5, 5.41) is 18.4. The van der Waals surface area contributed by atoms with Crippen LogP contribution >= 0.6 is 11.3 Å². The number of carboxylic acids is 1. The summed E-state index contributed by atoms with van der Waals surface area (Å²) in [4.78, 5) is 14.6. The summed E-state index contributed by atoms with van der Waals surface area (Å²) < 4.78 is 4.79. The van der Waals surface area contributed by atoms with E-state index in [-0.39, 0.29) is 0 Å². The highest BCUT2D eigenvalue weighted by atomic mass is 32.1. The molecule has 4 N–H and O–H groups in total. The number of aliphatic hydroxyl groups is 1. The Morgan fingerprint density at radius 1 is 1.79 bits per heavy atom. The van der Waals surface area contributed by atoms with Crippen LogP contribution in [0, 0.1) is 0 Å². The van der Waals surface area contributed by atoms with Crippen molar-refractivity contribution in [2.45, 2.75) is 12.1 Å². The van der Waals surface area contributed by atoms with Crippen LogP contribution in [0.2, 0.25) is 0 Å². The van der Waals surface area contributed by atoms with Crippen molar-refractivity contribution in [2.75, 3.05) is 7.11 Å². The minimum absolute atomic E-state index is 0.358. The van der Waals surface area contributed by atoms with Crippen LogP contribution in [-0.2, 0) is 4.79 Å². The Bertz CT molecular complexity index is 327. The van der Waals surface area contributed by atoms with E-state index < -0.39 is 18.1 Å². The first-order chi connectivity index (χ1) is 6.56. The summed E-state index contributed by atoms with van der Waals surface area (Å²) in [6, 6.07) is -1.35. The molecule has 0 aromatic carbocycles. The average molecular weight is 218 g/mol. The van der Waals surface area contributed by atoms with Gasteiger partial charge in [-0.3, -0.25) is 4.79 Å². The molecule has 2 unspecified atom stereocenters. The predicted molar refractivity (Wildman–Crippen MR) is 49.2 cm³/mol. The average Bonchev–Trinajstić information content (AvgIpc) is 2.63. The minimum atomic E-state index is -1.35. The second kappa shape index (κ2) is 4.36. The van der Waals surface area contributed by atoms with Crippen LogP contribution in [0.5, 0.6) is 5.19 Å². The molecule has 14 heavy (non-hydrogen) atoms. The highest BCUT2D eigenvalue weighted by Crippen LogP contribution is 2.27. The highest BCUT2D eigenvalue weighted by Gasteiger charge is 2.25. The molecule has 0 spiro atoms. The van der Waals surface area contributed by atoms with Crippen LogP contribution in [0.4, 0.5) is 0 Å². The fraction of sp³-hybridized carbons (Fsp3) is 0.429. The van der Waals surface area contributed by atoms with Crippen LogP contribution in [0.25, 0.3) is 0 Å². The Balaban J connectivity index is 2.78. The zero-order valence-corrected chi connectivity index (χ0v) is 8.19. The van der Waals surface area contributed by atoms with Gasteiger partial charge in [0.1, 0.15) is 12.1 Å². The lowest BCUT2D eigenvalue weighted by Crippen LogP contribution is -2.36. The predicted octanol–water partition coefficient (Wildman–Crippen LogP) is -0.403. The number of carboxylic acid groups (broad SMARTS) is 1. The van der Waals surface area contributed by atoms with Gasteiger partial charge in [0, 0.05) is 6.20 Å². The van der Waals surface area contributed by atoms with Gasteiger partial charge in [0.2, 0.25) is 0 Å². The number of aliphatic carboxylic acids is 1. The molecule has 1 rings (SSSR count). The zero-order chi connectivity index (χ0) is 10.7. The van der Waals surface area contributed by atoms with Crippen LogP contribution in [0.3, 0.4) is 0 Å². The third-order valence-corrected chi connectivity index (χ3v) is 2.62. The second-order valence-electron chi connectivity index (χ2n) is 2.54. The van der Waals surface area contributed by atoms with Gasteiger partial charge in [-0.15, -0.1) is 0 Å². The van der Waals surface area contributed by atoms with E-state index in [0.29, 0.717) is 10.1 Å². The fourth-order valence-electron chi connectivity index (χ4n) is 0.813. The Labute approximate surface area is 84.0 Å². The maximum atomic E-state index is 10.5. The van der Waals surface area contributed by atoms with Gasteiger partial charge in [-0.25, -0.2) is 4.98 Å².